The normalized spacial score (nSPS) is 12.0. The summed E-state index contributed by atoms with van der Waals surface area (Å²) in [4.78, 5) is 11.9. The second-order valence-electron chi connectivity index (χ2n) is 4.99. The first kappa shape index (κ1) is 15.2. The third-order valence-corrected chi connectivity index (χ3v) is 3.38. The quantitative estimate of drug-likeness (QED) is 0.885. The minimum Gasteiger partial charge on any atom is -0.326 e. The SMILES string of the molecule is CNC(C)c1ccc(NC(=O)Cc2cccc(F)c2)cc1. The number of rotatable bonds is 5. The highest BCUT2D eigenvalue weighted by molar-refractivity contribution is 5.92. The molecule has 0 aliphatic heterocycles. The molecule has 0 aliphatic carbocycles. The molecule has 0 saturated carbocycles. The van der Waals surface area contributed by atoms with Gasteiger partial charge in [-0.3, -0.25) is 4.79 Å². The highest BCUT2D eigenvalue weighted by Crippen LogP contribution is 2.16. The molecule has 0 saturated heterocycles. The summed E-state index contributed by atoms with van der Waals surface area (Å²) >= 11 is 0. The Morgan fingerprint density at radius 2 is 1.90 bits per heavy atom. The Bertz CT molecular complexity index is 610. The number of benzene rings is 2. The van der Waals surface area contributed by atoms with Gasteiger partial charge >= 0.3 is 0 Å². The van der Waals surface area contributed by atoms with Crippen molar-refractivity contribution in [1.82, 2.24) is 5.32 Å². The second-order valence-corrected chi connectivity index (χ2v) is 4.99. The summed E-state index contributed by atoms with van der Waals surface area (Å²) < 4.78 is 13.1. The minimum atomic E-state index is -0.328. The van der Waals surface area contributed by atoms with Gasteiger partial charge in [-0.25, -0.2) is 4.39 Å². The summed E-state index contributed by atoms with van der Waals surface area (Å²) in [7, 11) is 1.90. The molecule has 1 unspecified atom stereocenters. The summed E-state index contributed by atoms with van der Waals surface area (Å²) in [5.41, 5.74) is 2.55. The molecule has 0 aliphatic rings. The summed E-state index contributed by atoms with van der Waals surface area (Å²) in [5, 5.41) is 5.97. The van der Waals surface area contributed by atoms with Gasteiger partial charge in [-0.15, -0.1) is 0 Å². The van der Waals surface area contributed by atoms with Crippen molar-refractivity contribution >= 4 is 11.6 Å². The number of halogens is 1. The van der Waals surface area contributed by atoms with Crippen molar-refractivity contribution in [2.24, 2.45) is 0 Å². The van der Waals surface area contributed by atoms with E-state index in [4.69, 9.17) is 0 Å². The van der Waals surface area contributed by atoms with Gasteiger partial charge in [0.1, 0.15) is 5.82 Å². The van der Waals surface area contributed by atoms with Crippen LogP contribution < -0.4 is 10.6 Å². The third-order valence-electron chi connectivity index (χ3n) is 3.38. The van der Waals surface area contributed by atoms with Gasteiger partial charge in [-0.1, -0.05) is 24.3 Å². The number of hydrogen-bond acceptors (Lipinski definition) is 2. The zero-order valence-corrected chi connectivity index (χ0v) is 12.2. The van der Waals surface area contributed by atoms with E-state index < -0.39 is 0 Å². The standard InChI is InChI=1S/C17H19FN2O/c1-12(19-2)14-6-8-16(9-7-14)20-17(21)11-13-4-3-5-15(18)10-13/h3-10,12,19H,11H2,1-2H3,(H,20,21). The van der Waals surface area contributed by atoms with E-state index in [1.54, 1.807) is 12.1 Å². The van der Waals surface area contributed by atoms with Crippen LogP contribution in [-0.4, -0.2) is 13.0 Å². The van der Waals surface area contributed by atoms with Crippen LogP contribution in [0, 0.1) is 5.82 Å². The zero-order chi connectivity index (χ0) is 15.2. The molecule has 2 aromatic rings. The molecule has 0 aromatic heterocycles. The molecular weight excluding hydrogens is 267 g/mol. The molecule has 2 rings (SSSR count). The Balaban J connectivity index is 1.96. The van der Waals surface area contributed by atoms with Gasteiger partial charge in [-0.2, -0.15) is 0 Å². The molecule has 0 bridgehead atoms. The van der Waals surface area contributed by atoms with Crippen LogP contribution in [0.5, 0.6) is 0 Å². The maximum atomic E-state index is 13.1. The Labute approximate surface area is 124 Å². The van der Waals surface area contributed by atoms with Gasteiger partial charge < -0.3 is 10.6 Å². The molecule has 4 heteroatoms. The number of nitrogens with one attached hydrogen (secondary N) is 2. The van der Waals surface area contributed by atoms with E-state index in [0.29, 0.717) is 5.56 Å². The van der Waals surface area contributed by atoms with E-state index >= 15 is 0 Å². The van der Waals surface area contributed by atoms with Gasteiger partial charge in [0.15, 0.2) is 0 Å². The van der Waals surface area contributed by atoms with Crippen molar-refractivity contribution in [2.75, 3.05) is 12.4 Å². The monoisotopic (exact) mass is 286 g/mol. The largest absolute Gasteiger partial charge is 0.326 e. The minimum absolute atomic E-state index is 0.157. The van der Waals surface area contributed by atoms with Gasteiger partial charge in [-0.05, 0) is 49.4 Å². The number of carbonyl (C=O) groups excluding carboxylic acids is 1. The summed E-state index contributed by atoms with van der Waals surface area (Å²) in [6.45, 7) is 2.07. The van der Waals surface area contributed by atoms with Crippen LogP contribution in [0.15, 0.2) is 48.5 Å². The van der Waals surface area contributed by atoms with E-state index in [1.807, 2.05) is 31.3 Å². The molecule has 2 aromatic carbocycles. The predicted molar refractivity (Wildman–Crippen MR) is 82.7 cm³/mol. The van der Waals surface area contributed by atoms with Crippen LogP contribution >= 0.6 is 0 Å². The number of hydrogen-bond donors (Lipinski definition) is 2. The van der Waals surface area contributed by atoms with Crippen molar-refractivity contribution in [1.29, 1.82) is 0 Å². The van der Waals surface area contributed by atoms with E-state index in [0.717, 1.165) is 11.3 Å². The Kier molecular flexibility index (Phi) is 5.06. The van der Waals surface area contributed by atoms with E-state index in [9.17, 15) is 9.18 Å². The molecule has 0 fully saturated rings. The van der Waals surface area contributed by atoms with Crippen molar-refractivity contribution in [3.8, 4) is 0 Å². The van der Waals surface area contributed by atoms with Crippen LogP contribution in [0.4, 0.5) is 10.1 Å². The van der Waals surface area contributed by atoms with Crippen molar-refractivity contribution < 1.29 is 9.18 Å². The van der Waals surface area contributed by atoms with E-state index in [2.05, 4.69) is 17.6 Å². The predicted octanol–water partition coefficient (Wildman–Crippen LogP) is 3.29. The van der Waals surface area contributed by atoms with Crippen molar-refractivity contribution in [3.05, 3.63) is 65.5 Å². The smallest absolute Gasteiger partial charge is 0.228 e. The van der Waals surface area contributed by atoms with E-state index in [-0.39, 0.29) is 24.2 Å². The Morgan fingerprint density at radius 1 is 1.19 bits per heavy atom. The average molecular weight is 286 g/mol. The maximum absolute atomic E-state index is 13.1. The Morgan fingerprint density at radius 3 is 2.52 bits per heavy atom. The topological polar surface area (TPSA) is 41.1 Å². The molecule has 3 nitrogen and oxygen atoms in total. The molecule has 2 N–H and O–H groups in total. The number of anilines is 1. The van der Waals surface area contributed by atoms with Gasteiger partial charge in [0.2, 0.25) is 5.91 Å². The summed E-state index contributed by atoms with van der Waals surface area (Å²) in [6, 6.07) is 14.0. The lowest BCUT2D eigenvalue weighted by Gasteiger charge is -2.11. The first-order valence-corrected chi connectivity index (χ1v) is 6.90. The first-order valence-electron chi connectivity index (χ1n) is 6.90. The Hall–Kier alpha value is -2.20. The van der Waals surface area contributed by atoms with Crippen LogP contribution in [0.25, 0.3) is 0 Å². The fourth-order valence-corrected chi connectivity index (χ4v) is 2.06. The molecule has 110 valence electrons. The average Bonchev–Trinajstić information content (AvgIpc) is 2.47. The lowest BCUT2D eigenvalue weighted by atomic mass is 10.1. The molecule has 0 heterocycles. The first-order chi connectivity index (χ1) is 10.1. The fraction of sp³-hybridized carbons (Fsp3) is 0.235. The molecule has 0 spiro atoms. The van der Waals surface area contributed by atoms with Gasteiger partial charge in [0.25, 0.3) is 0 Å². The molecule has 1 amide bonds. The second kappa shape index (κ2) is 6.99. The lowest BCUT2D eigenvalue weighted by molar-refractivity contribution is -0.115. The summed E-state index contributed by atoms with van der Waals surface area (Å²) in [5.74, 6) is -0.485. The van der Waals surface area contributed by atoms with Gasteiger partial charge in [0, 0.05) is 11.7 Å². The lowest BCUT2D eigenvalue weighted by Crippen LogP contribution is -2.15. The van der Waals surface area contributed by atoms with Crippen molar-refractivity contribution in [2.45, 2.75) is 19.4 Å². The highest BCUT2D eigenvalue weighted by atomic mass is 19.1. The summed E-state index contributed by atoms with van der Waals surface area (Å²) in [6.07, 6.45) is 0.159. The fourth-order valence-electron chi connectivity index (χ4n) is 2.06. The highest BCUT2D eigenvalue weighted by Gasteiger charge is 2.06. The zero-order valence-electron chi connectivity index (χ0n) is 12.2. The van der Waals surface area contributed by atoms with Crippen LogP contribution in [0.2, 0.25) is 0 Å². The number of amides is 1. The third kappa shape index (κ3) is 4.39. The molecule has 21 heavy (non-hydrogen) atoms. The maximum Gasteiger partial charge on any atom is 0.228 e. The van der Waals surface area contributed by atoms with Crippen LogP contribution in [0.1, 0.15) is 24.1 Å². The molecular formula is C17H19FN2O. The van der Waals surface area contributed by atoms with Crippen LogP contribution in [-0.2, 0) is 11.2 Å². The number of carbonyl (C=O) groups is 1. The van der Waals surface area contributed by atoms with E-state index in [1.165, 1.54) is 12.1 Å². The van der Waals surface area contributed by atoms with Crippen molar-refractivity contribution in [3.63, 3.8) is 0 Å². The molecule has 1 atom stereocenters. The van der Waals surface area contributed by atoms with Gasteiger partial charge in [0.05, 0.1) is 6.42 Å². The molecule has 0 radical (unpaired) electrons. The van der Waals surface area contributed by atoms with Crippen LogP contribution in [0.3, 0.4) is 0 Å².